The zero-order valence-corrected chi connectivity index (χ0v) is 19.0. The molecule has 1 atom stereocenters. The number of nitrogens with zero attached hydrogens (tertiary/aromatic N) is 3. The number of guanidine groups is 1. The highest BCUT2D eigenvalue weighted by atomic mass is 127. The molecule has 0 amide bonds. The van der Waals surface area contributed by atoms with Gasteiger partial charge in [0.25, 0.3) is 0 Å². The normalized spacial score (nSPS) is 16.8. The third-order valence-electron chi connectivity index (χ3n) is 4.84. The van der Waals surface area contributed by atoms with Gasteiger partial charge in [-0.3, -0.25) is 4.99 Å². The lowest BCUT2D eigenvalue weighted by Gasteiger charge is -2.24. The fourth-order valence-electron chi connectivity index (χ4n) is 3.48. The van der Waals surface area contributed by atoms with Gasteiger partial charge in [0.05, 0.1) is 0 Å². The summed E-state index contributed by atoms with van der Waals surface area (Å²) in [5.41, 5.74) is 2.50. The maximum absolute atomic E-state index is 6.08. The van der Waals surface area contributed by atoms with Crippen molar-refractivity contribution < 1.29 is 0 Å². The molecule has 0 saturated carbocycles. The van der Waals surface area contributed by atoms with Crippen LogP contribution in [0, 0.1) is 5.92 Å². The minimum Gasteiger partial charge on any atom is -0.371 e. The fraction of sp³-hybridized carbons (Fsp3) is 0.381. The van der Waals surface area contributed by atoms with E-state index in [4.69, 9.17) is 11.6 Å². The van der Waals surface area contributed by atoms with Gasteiger partial charge in [-0.05, 0) is 42.2 Å². The molecular weight excluding hydrogens is 471 g/mol. The summed E-state index contributed by atoms with van der Waals surface area (Å²) in [5.74, 6) is 1.55. The van der Waals surface area contributed by atoms with Crippen LogP contribution < -0.4 is 10.2 Å². The molecule has 1 heterocycles. The van der Waals surface area contributed by atoms with Crippen molar-refractivity contribution in [3.05, 3.63) is 65.2 Å². The second-order valence-corrected chi connectivity index (χ2v) is 7.29. The Hall–Kier alpha value is -1.47. The van der Waals surface area contributed by atoms with E-state index in [0.717, 1.165) is 37.2 Å². The molecule has 0 aliphatic carbocycles. The van der Waals surface area contributed by atoms with Gasteiger partial charge >= 0.3 is 0 Å². The van der Waals surface area contributed by atoms with Crippen molar-refractivity contribution in [1.29, 1.82) is 0 Å². The quantitative estimate of drug-likeness (QED) is 0.374. The van der Waals surface area contributed by atoms with Crippen molar-refractivity contribution in [1.82, 2.24) is 10.2 Å². The molecule has 3 rings (SSSR count). The maximum atomic E-state index is 6.08. The van der Waals surface area contributed by atoms with Crippen LogP contribution in [0.1, 0.15) is 12.0 Å². The molecule has 27 heavy (non-hydrogen) atoms. The predicted octanol–water partition coefficient (Wildman–Crippen LogP) is 4.49. The van der Waals surface area contributed by atoms with Gasteiger partial charge in [-0.15, -0.1) is 24.0 Å². The molecule has 1 aliphatic heterocycles. The molecule has 2 aromatic rings. The first-order valence-corrected chi connectivity index (χ1v) is 9.49. The van der Waals surface area contributed by atoms with Crippen LogP contribution in [0.25, 0.3) is 0 Å². The van der Waals surface area contributed by atoms with Crippen LogP contribution in [-0.2, 0) is 6.54 Å². The Kier molecular flexibility index (Phi) is 8.70. The summed E-state index contributed by atoms with van der Waals surface area (Å²) < 4.78 is 0. The molecule has 0 radical (unpaired) electrons. The van der Waals surface area contributed by atoms with Crippen LogP contribution in [0.2, 0.25) is 5.02 Å². The molecule has 0 spiro atoms. The van der Waals surface area contributed by atoms with E-state index >= 15 is 0 Å². The summed E-state index contributed by atoms with van der Waals surface area (Å²) in [5, 5.41) is 4.30. The first-order valence-electron chi connectivity index (χ1n) is 9.12. The minimum absolute atomic E-state index is 0. The van der Waals surface area contributed by atoms with Crippen LogP contribution >= 0.6 is 35.6 Å². The van der Waals surface area contributed by atoms with E-state index in [2.05, 4.69) is 63.6 Å². The van der Waals surface area contributed by atoms with Gasteiger partial charge in [-0.25, -0.2) is 0 Å². The summed E-state index contributed by atoms with van der Waals surface area (Å²) in [6, 6.07) is 18.6. The van der Waals surface area contributed by atoms with Crippen LogP contribution in [0.3, 0.4) is 0 Å². The van der Waals surface area contributed by atoms with Crippen LogP contribution in [0.15, 0.2) is 59.6 Å². The SMILES string of the molecule is CN=C(NCC1CCN(c2ccccc2)C1)N(C)Cc1cccc(Cl)c1.I. The Bertz CT molecular complexity index is 738. The standard InChI is InChI=1S/C21H27ClN4.HI/c1-23-21(25(2)15-17-7-6-8-19(22)13-17)24-14-18-11-12-26(16-18)20-9-4-3-5-10-20;/h3-10,13,18H,11-12,14-16H2,1-2H3,(H,23,24);1H. The van der Waals surface area contributed by atoms with E-state index in [0.29, 0.717) is 5.92 Å². The molecule has 1 saturated heterocycles. The van der Waals surface area contributed by atoms with Crippen molar-refractivity contribution in [2.75, 3.05) is 38.6 Å². The average molecular weight is 499 g/mol. The number of nitrogens with one attached hydrogen (secondary N) is 1. The van der Waals surface area contributed by atoms with E-state index in [-0.39, 0.29) is 24.0 Å². The topological polar surface area (TPSA) is 30.9 Å². The minimum atomic E-state index is 0. The summed E-state index contributed by atoms with van der Waals surface area (Å²) in [6.45, 7) is 3.93. The second-order valence-electron chi connectivity index (χ2n) is 6.85. The number of halogens is 2. The highest BCUT2D eigenvalue weighted by Crippen LogP contribution is 2.23. The van der Waals surface area contributed by atoms with E-state index in [1.165, 1.54) is 17.7 Å². The van der Waals surface area contributed by atoms with Gasteiger partial charge in [-0.2, -0.15) is 0 Å². The molecule has 1 aliphatic rings. The third-order valence-corrected chi connectivity index (χ3v) is 5.07. The Morgan fingerprint density at radius 1 is 1.22 bits per heavy atom. The van der Waals surface area contributed by atoms with Gasteiger partial charge in [0.15, 0.2) is 5.96 Å². The summed E-state index contributed by atoms with van der Waals surface area (Å²) in [7, 11) is 3.89. The van der Waals surface area contributed by atoms with E-state index in [9.17, 15) is 0 Å². The lowest BCUT2D eigenvalue weighted by Crippen LogP contribution is -2.41. The fourth-order valence-corrected chi connectivity index (χ4v) is 3.69. The van der Waals surface area contributed by atoms with Crippen molar-refractivity contribution in [2.45, 2.75) is 13.0 Å². The number of anilines is 1. The van der Waals surface area contributed by atoms with Gasteiger partial charge in [0.2, 0.25) is 0 Å². The zero-order chi connectivity index (χ0) is 18.4. The number of hydrogen-bond acceptors (Lipinski definition) is 2. The molecule has 0 aromatic heterocycles. The van der Waals surface area contributed by atoms with Crippen molar-refractivity contribution in [3.8, 4) is 0 Å². The van der Waals surface area contributed by atoms with Crippen LogP contribution in [-0.4, -0.2) is 44.6 Å². The smallest absolute Gasteiger partial charge is 0.193 e. The van der Waals surface area contributed by atoms with Gasteiger partial charge < -0.3 is 15.1 Å². The molecule has 6 heteroatoms. The first-order chi connectivity index (χ1) is 12.7. The Labute approximate surface area is 184 Å². The summed E-state index contributed by atoms with van der Waals surface area (Å²) in [6.07, 6.45) is 1.21. The zero-order valence-electron chi connectivity index (χ0n) is 15.9. The number of rotatable bonds is 5. The van der Waals surface area contributed by atoms with E-state index in [1.54, 1.807) is 0 Å². The average Bonchev–Trinajstić information content (AvgIpc) is 3.12. The first kappa shape index (κ1) is 21.8. The Balaban J connectivity index is 0.00000261. The molecule has 146 valence electrons. The van der Waals surface area contributed by atoms with Crippen LogP contribution in [0.5, 0.6) is 0 Å². The Morgan fingerprint density at radius 3 is 2.70 bits per heavy atom. The predicted molar refractivity (Wildman–Crippen MR) is 126 cm³/mol. The maximum Gasteiger partial charge on any atom is 0.193 e. The molecule has 1 unspecified atom stereocenters. The lowest BCUT2D eigenvalue weighted by atomic mass is 10.1. The molecule has 0 bridgehead atoms. The Morgan fingerprint density at radius 2 is 2.00 bits per heavy atom. The number of aliphatic imine (C=N–C) groups is 1. The van der Waals surface area contributed by atoms with E-state index < -0.39 is 0 Å². The number of hydrogen-bond donors (Lipinski definition) is 1. The van der Waals surface area contributed by atoms with Gasteiger partial charge in [0, 0.05) is 51.0 Å². The highest BCUT2D eigenvalue weighted by Gasteiger charge is 2.23. The third kappa shape index (κ3) is 6.28. The number of para-hydroxylation sites is 1. The number of benzene rings is 2. The summed E-state index contributed by atoms with van der Waals surface area (Å²) in [4.78, 5) is 9.03. The van der Waals surface area contributed by atoms with Crippen LogP contribution in [0.4, 0.5) is 5.69 Å². The largest absolute Gasteiger partial charge is 0.371 e. The molecule has 2 aromatic carbocycles. The van der Waals surface area contributed by atoms with E-state index in [1.807, 2.05) is 25.2 Å². The van der Waals surface area contributed by atoms with Crippen molar-refractivity contribution in [2.24, 2.45) is 10.9 Å². The van der Waals surface area contributed by atoms with Gasteiger partial charge in [0.1, 0.15) is 0 Å². The summed E-state index contributed by atoms with van der Waals surface area (Å²) >= 11 is 6.08. The molecule has 4 nitrogen and oxygen atoms in total. The molecule has 1 fully saturated rings. The molecule has 1 N–H and O–H groups in total. The van der Waals surface area contributed by atoms with Crippen molar-refractivity contribution >= 4 is 47.2 Å². The molecular formula is C21H28ClIN4. The van der Waals surface area contributed by atoms with Crippen molar-refractivity contribution in [3.63, 3.8) is 0 Å². The highest BCUT2D eigenvalue weighted by molar-refractivity contribution is 14.0. The monoisotopic (exact) mass is 498 g/mol. The van der Waals surface area contributed by atoms with Gasteiger partial charge in [-0.1, -0.05) is 41.9 Å². The lowest BCUT2D eigenvalue weighted by molar-refractivity contribution is 0.462. The second kappa shape index (κ2) is 10.8.